The molecule has 2 N–H and O–H groups in total. The molecular weight excluding hydrogens is 114 g/mol. The molecule has 1 rings (SSSR count). The van der Waals surface area contributed by atoms with Crippen LogP contribution in [0.15, 0.2) is 23.1 Å². The van der Waals surface area contributed by atoms with Crippen molar-refractivity contribution < 1.29 is 4.74 Å². The maximum Gasteiger partial charge on any atom is 0.110 e. The number of ether oxygens (including phenoxy) is 1. The summed E-state index contributed by atoms with van der Waals surface area (Å²) >= 11 is 0. The highest BCUT2D eigenvalue weighted by Gasteiger charge is 2.04. The smallest absolute Gasteiger partial charge is 0.110 e. The Morgan fingerprint density at radius 1 is 1.56 bits per heavy atom. The summed E-state index contributed by atoms with van der Waals surface area (Å²) < 4.78 is 5.06. The monoisotopic (exact) mass is 125 g/mol. The second kappa shape index (κ2) is 2.13. The van der Waals surface area contributed by atoms with Gasteiger partial charge in [-0.1, -0.05) is 0 Å². The van der Waals surface area contributed by atoms with Crippen molar-refractivity contribution in [2.75, 3.05) is 6.61 Å². The van der Waals surface area contributed by atoms with E-state index in [2.05, 4.69) is 0 Å². The van der Waals surface area contributed by atoms with Crippen molar-refractivity contribution in [2.45, 2.75) is 13.8 Å². The molecule has 0 saturated carbocycles. The van der Waals surface area contributed by atoms with E-state index in [1.165, 1.54) is 0 Å². The topological polar surface area (TPSA) is 35.2 Å². The molecule has 0 saturated heterocycles. The summed E-state index contributed by atoms with van der Waals surface area (Å²) in [4.78, 5) is 0. The predicted octanol–water partition coefficient (Wildman–Crippen LogP) is 1.15. The van der Waals surface area contributed by atoms with Crippen LogP contribution in [-0.2, 0) is 4.74 Å². The first-order chi connectivity index (χ1) is 4.22. The Morgan fingerprint density at radius 3 is 2.67 bits per heavy atom. The number of nitrogens with two attached hydrogens (primary N) is 1. The van der Waals surface area contributed by atoms with E-state index >= 15 is 0 Å². The molecule has 0 aliphatic carbocycles. The van der Waals surface area contributed by atoms with Crippen LogP contribution in [0.25, 0.3) is 0 Å². The Bertz CT molecular complexity index is 179. The standard InChI is InChI=1S/C7H11NO/c1-5-3-9-4-6(2)7(5)8/h3H,4,8H2,1-2H3. The molecular formula is C7H11NO. The molecule has 0 aromatic rings. The Hall–Kier alpha value is -0.920. The van der Waals surface area contributed by atoms with Crippen molar-refractivity contribution >= 4 is 0 Å². The van der Waals surface area contributed by atoms with Crippen LogP contribution in [0.5, 0.6) is 0 Å². The molecule has 0 bridgehead atoms. The maximum absolute atomic E-state index is 5.65. The molecule has 50 valence electrons. The van der Waals surface area contributed by atoms with Crippen LogP contribution in [0.1, 0.15) is 13.8 Å². The SMILES string of the molecule is CC1=COCC(C)=C1N. The van der Waals surface area contributed by atoms with Gasteiger partial charge in [0, 0.05) is 11.3 Å². The summed E-state index contributed by atoms with van der Waals surface area (Å²) in [6.45, 7) is 4.56. The van der Waals surface area contributed by atoms with Crippen LogP contribution < -0.4 is 5.73 Å². The highest BCUT2D eigenvalue weighted by Crippen LogP contribution is 2.13. The summed E-state index contributed by atoms with van der Waals surface area (Å²) in [5.74, 6) is 0. The lowest BCUT2D eigenvalue weighted by Crippen LogP contribution is -2.10. The van der Waals surface area contributed by atoms with Gasteiger partial charge in [0.2, 0.25) is 0 Å². The van der Waals surface area contributed by atoms with E-state index in [0.717, 1.165) is 16.8 Å². The molecule has 1 aliphatic heterocycles. The van der Waals surface area contributed by atoms with E-state index in [4.69, 9.17) is 10.5 Å². The highest BCUT2D eigenvalue weighted by atomic mass is 16.5. The highest BCUT2D eigenvalue weighted by molar-refractivity contribution is 5.31. The van der Waals surface area contributed by atoms with E-state index in [9.17, 15) is 0 Å². The van der Waals surface area contributed by atoms with Gasteiger partial charge < -0.3 is 10.5 Å². The van der Waals surface area contributed by atoms with Crippen molar-refractivity contribution in [2.24, 2.45) is 5.73 Å². The summed E-state index contributed by atoms with van der Waals surface area (Å²) in [5.41, 5.74) is 8.68. The minimum atomic E-state index is 0.642. The fourth-order valence-corrected chi connectivity index (χ4v) is 0.769. The molecule has 2 heteroatoms. The third kappa shape index (κ3) is 1.07. The third-order valence-corrected chi connectivity index (χ3v) is 1.44. The molecule has 0 unspecified atom stereocenters. The van der Waals surface area contributed by atoms with E-state index in [-0.39, 0.29) is 0 Å². The van der Waals surface area contributed by atoms with E-state index in [0.29, 0.717) is 6.61 Å². The molecule has 0 aromatic heterocycles. The summed E-state index contributed by atoms with van der Waals surface area (Å²) in [5, 5.41) is 0. The number of hydrogen-bond acceptors (Lipinski definition) is 2. The molecule has 0 aromatic carbocycles. The number of hydrogen-bond donors (Lipinski definition) is 1. The molecule has 9 heavy (non-hydrogen) atoms. The average molecular weight is 125 g/mol. The first-order valence-electron chi connectivity index (χ1n) is 2.96. The Labute approximate surface area is 55.0 Å². The Kier molecular flexibility index (Phi) is 1.47. The first kappa shape index (κ1) is 6.20. The minimum absolute atomic E-state index is 0.642. The normalized spacial score (nSPS) is 19.1. The lowest BCUT2D eigenvalue weighted by Gasteiger charge is -2.13. The Morgan fingerprint density at radius 2 is 2.22 bits per heavy atom. The molecule has 2 nitrogen and oxygen atoms in total. The van der Waals surface area contributed by atoms with Gasteiger partial charge in [-0.25, -0.2) is 0 Å². The number of allylic oxidation sites excluding steroid dienone is 1. The van der Waals surface area contributed by atoms with E-state index in [1.807, 2.05) is 13.8 Å². The van der Waals surface area contributed by atoms with Crippen molar-refractivity contribution in [3.05, 3.63) is 23.1 Å². The summed E-state index contributed by atoms with van der Waals surface area (Å²) in [6.07, 6.45) is 1.70. The van der Waals surface area contributed by atoms with Crippen molar-refractivity contribution in [1.29, 1.82) is 0 Å². The largest absolute Gasteiger partial charge is 0.496 e. The zero-order valence-corrected chi connectivity index (χ0v) is 5.77. The van der Waals surface area contributed by atoms with Gasteiger partial charge in [-0.2, -0.15) is 0 Å². The van der Waals surface area contributed by atoms with Crippen LogP contribution in [0.3, 0.4) is 0 Å². The van der Waals surface area contributed by atoms with Crippen LogP contribution >= 0.6 is 0 Å². The van der Waals surface area contributed by atoms with Gasteiger partial charge in [0.1, 0.15) is 6.61 Å². The molecule has 0 fully saturated rings. The Balaban J connectivity index is 2.88. The van der Waals surface area contributed by atoms with Crippen molar-refractivity contribution in [3.8, 4) is 0 Å². The lowest BCUT2D eigenvalue weighted by atomic mass is 10.1. The summed E-state index contributed by atoms with van der Waals surface area (Å²) in [7, 11) is 0. The average Bonchev–Trinajstić information content (AvgIpc) is 1.83. The van der Waals surface area contributed by atoms with Crippen LogP contribution in [-0.4, -0.2) is 6.61 Å². The zero-order valence-electron chi connectivity index (χ0n) is 5.77. The molecule has 0 amide bonds. The quantitative estimate of drug-likeness (QED) is 0.527. The van der Waals surface area contributed by atoms with Crippen molar-refractivity contribution in [3.63, 3.8) is 0 Å². The molecule has 0 spiro atoms. The maximum atomic E-state index is 5.65. The van der Waals surface area contributed by atoms with Crippen LogP contribution in [0.4, 0.5) is 0 Å². The van der Waals surface area contributed by atoms with Gasteiger partial charge in [0.15, 0.2) is 0 Å². The van der Waals surface area contributed by atoms with Crippen LogP contribution in [0.2, 0.25) is 0 Å². The van der Waals surface area contributed by atoms with Crippen LogP contribution in [0, 0.1) is 0 Å². The van der Waals surface area contributed by atoms with Crippen molar-refractivity contribution in [1.82, 2.24) is 0 Å². The van der Waals surface area contributed by atoms with E-state index in [1.54, 1.807) is 6.26 Å². The minimum Gasteiger partial charge on any atom is -0.496 e. The third-order valence-electron chi connectivity index (χ3n) is 1.44. The number of rotatable bonds is 0. The summed E-state index contributed by atoms with van der Waals surface area (Å²) in [6, 6.07) is 0. The fraction of sp³-hybridized carbons (Fsp3) is 0.429. The fourth-order valence-electron chi connectivity index (χ4n) is 0.769. The van der Waals surface area contributed by atoms with Gasteiger partial charge in [-0.15, -0.1) is 0 Å². The molecule has 1 heterocycles. The molecule has 1 aliphatic rings. The first-order valence-corrected chi connectivity index (χ1v) is 2.96. The van der Waals surface area contributed by atoms with Gasteiger partial charge in [-0.3, -0.25) is 0 Å². The van der Waals surface area contributed by atoms with Gasteiger partial charge in [0.05, 0.1) is 6.26 Å². The molecule has 0 atom stereocenters. The second-order valence-corrected chi connectivity index (χ2v) is 2.31. The van der Waals surface area contributed by atoms with Gasteiger partial charge in [0.25, 0.3) is 0 Å². The second-order valence-electron chi connectivity index (χ2n) is 2.31. The lowest BCUT2D eigenvalue weighted by molar-refractivity contribution is 0.270. The van der Waals surface area contributed by atoms with Gasteiger partial charge in [-0.05, 0) is 19.4 Å². The zero-order chi connectivity index (χ0) is 6.85. The predicted molar refractivity (Wildman–Crippen MR) is 36.6 cm³/mol. The van der Waals surface area contributed by atoms with Gasteiger partial charge >= 0.3 is 0 Å². The molecule has 0 radical (unpaired) electrons. The van der Waals surface area contributed by atoms with E-state index < -0.39 is 0 Å².